The summed E-state index contributed by atoms with van der Waals surface area (Å²) in [6.45, 7) is 2.46. The summed E-state index contributed by atoms with van der Waals surface area (Å²) in [5.74, 6) is 0. The molecule has 1 fully saturated rings. The first-order valence-electron chi connectivity index (χ1n) is 3.19. The Kier molecular flexibility index (Phi) is 2.38. The first kappa shape index (κ1) is 7.38. The Hall–Kier alpha value is 0.270. The van der Waals surface area contributed by atoms with Crippen molar-refractivity contribution in [2.24, 2.45) is 0 Å². The first-order valence-corrected chi connectivity index (χ1v) is 4.37. The van der Waals surface area contributed by atoms with E-state index in [9.17, 15) is 0 Å². The van der Waals surface area contributed by atoms with Gasteiger partial charge in [0.2, 0.25) is 0 Å². The van der Waals surface area contributed by atoms with E-state index in [1.807, 2.05) is 11.9 Å². The van der Waals surface area contributed by atoms with E-state index in [0.29, 0.717) is 0 Å². The van der Waals surface area contributed by atoms with Crippen molar-refractivity contribution in [1.29, 1.82) is 0 Å². The Balaban J connectivity index is 2.12. The van der Waals surface area contributed by atoms with Crippen LogP contribution in [0.25, 0.3) is 0 Å². The summed E-state index contributed by atoms with van der Waals surface area (Å²) < 4.78 is 2.37. The van der Waals surface area contributed by atoms with Crippen molar-refractivity contribution < 1.29 is 0 Å². The van der Waals surface area contributed by atoms with E-state index >= 15 is 0 Å². The van der Waals surface area contributed by atoms with E-state index in [-0.39, 0.29) is 0 Å². The van der Waals surface area contributed by atoms with Gasteiger partial charge in [0.25, 0.3) is 0 Å². The molecule has 0 amide bonds. The fourth-order valence-corrected chi connectivity index (χ4v) is 1.53. The van der Waals surface area contributed by atoms with Crippen LogP contribution in [0.2, 0.25) is 0 Å². The summed E-state index contributed by atoms with van der Waals surface area (Å²) in [6.07, 6.45) is 2.13. The van der Waals surface area contributed by atoms with Gasteiger partial charge in [-0.15, -0.1) is 0 Å². The highest BCUT2D eigenvalue weighted by atomic mass is 32.2. The van der Waals surface area contributed by atoms with Gasteiger partial charge in [0, 0.05) is 19.1 Å². The molecule has 0 saturated carbocycles. The Bertz CT molecular complexity index is 89.1. The van der Waals surface area contributed by atoms with E-state index < -0.39 is 0 Å². The van der Waals surface area contributed by atoms with Crippen LogP contribution in [0.15, 0.2) is 0 Å². The minimum Gasteiger partial charge on any atom is -0.304 e. The van der Waals surface area contributed by atoms with Crippen LogP contribution in [0, 0.1) is 0 Å². The molecular formula is C6H14N2S. The van der Waals surface area contributed by atoms with Crippen molar-refractivity contribution in [2.45, 2.75) is 6.04 Å². The summed E-state index contributed by atoms with van der Waals surface area (Å²) in [5, 5.41) is 0. The van der Waals surface area contributed by atoms with Crippen LogP contribution in [-0.2, 0) is 0 Å². The molecule has 0 radical (unpaired) electrons. The molecule has 0 atom stereocenters. The van der Waals surface area contributed by atoms with Gasteiger partial charge in [0.05, 0.1) is 0 Å². The van der Waals surface area contributed by atoms with Crippen molar-refractivity contribution in [3.63, 3.8) is 0 Å². The van der Waals surface area contributed by atoms with Crippen LogP contribution >= 0.6 is 11.9 Å². The minimum absolute atomic E-state index is 0.803. The first-order chi connectivity index (χ1) is 4.24. The zero-order valence-electron chi connectivity index (χ0n) is 6.29. The van der Waals surface area contributed by atoms with Crippen LogP contribution in [0.4, 0.5) is 0 Å². The minimum atomic E-state index is 0.803. The molecule has 54 valence electrons. The van der Waals surface area contributed by atoms with Gasteiger partial charge >= 0.3 is 0 Å². The van der Waals surface area contributed by atoms with Gasteiger partial charge < -0.3 is 4.90 Å². The van der Waals surface area contributed by atoms with Crippen molar-refractivity contribution in [3.05, 3.63) is 0 Å². The van der Waals surface area contributed by atoms with Crippen molar-refractivity contribution >= 4 is 11.9 Å². The maximum atomic E-state index is 2.37. The monoisotopic (exact) mass is 146 g/mol. The Morgan fingerprint density at radius 2 is 2.00 bits per heavy atom. The zero-order chi connectivity index (χ0) is 6.85. The van der Waals surface area contributed by atoms with E-state index in [4.69, 9.17) is 0 Å². The number of hydrogen-bond donors (Lipinski definition) is 0. The molecule has 2 nitrogen and oxygen atoms in total. The molecule has 0 aliphatic carbocycles. The number of hydrogen-bond acceptors (Lipinski definition) is 3. The van der Waals surface area contributed by atoms with Crippen molar-refractivity contribution in [3.8, 4) is 0 Å². The smallest absolute Gasteiger partial charge is 0.0363 e. The van der Waals surface area contributed by atoms with Gasteiger partial charge in [0.15, 0.2) is 0 Å². The molecule has 0 unspecified atom stereocenters. The largest absolute Gasteiger partial charge is 0.304 e. The second-order valence-corrected chi connectivity index (χ2v) is 3.53. The summed E-state index contributed by atoms with van der Waals surface area (Å²) in [4.78, 5) is 2.28. The number of nitrogens with zero attached hydrogens (tertiary/aromatic N) is 2. The standard InChI is InChI=1S/C6H14N2S/c1-7(2)6-4-8(5-6)9-3/h6H,4-5H2,1-3H3. The Labute approximate surface area is 61.3 Å². The average molecular weight is 146 g/mol. The SMILES string of the molecule is CSN1CC(N(C)C)C1. The van der Waals surface area contributed by atoms with Gasteiger partial charge in [-0.25, -0.2) is 4.31 Å². The number of rotatable bonds is 2. The third-order valence-corrected chi connectivity index (χ3v) is 2.63. The highest BCUT2D eigenvalue weighted by Gasteiger charge is 2.26. The van der Waals surface area contributed by atoms with Gasteiger partial charge in [-0.2, -0.15) is 0 Å². The van der Waals surface area contributed by atoms with Crippen LogP contribution in [-0.4, -0.2) is 48.7 Å². The summed E-state index contributed by atoms with van der Waals surface area (Å²) in [5.41, 5.74) is 0. The van der Waals surface area contributed by atoms with Crippen molar-refractivity contribution in [1.82, 2.24) is 9.21 Å². The Morgan fingerprint density at radius 3 is 2.33 bits per heavy atom. The lowest BCUT2D eigenvalue weighted by Gasteiger charge is -2.41. The second kappa shape index (κ2) is 2.90. The normalized spacial score (nSPS) is 22.7. The van der Waals surface area contributed by atoms with E-state index in [0.717, 1.165) is 6.04 Å². The molecule has 1 aliphatic heterocycles. The Morgan fingerprint density at radius 1 is 1.44 bits per heavy atom. The molecule has 0 spiro atoms. The molecule has 1 heterocycles. The molecular weight excluding hydrogens is 132 g/mol. The van der Waals surface area contributed by atoms with E-state index in [2.05, 4.69) is 29.6 Å². The van der Waals surface area contributed by atoms with Gasteiger partial charge in [0.1, 0.15) is 0 Å². The summed E-state index contributed by atoms with van der Waals surface area (Å²) in [6, 6.07) is 0.803. The predicted molar refractivity (Wildman–Crippen MR) is 42.6 cm³/mol. The van der Waals surface area contributed by atoms with Gasteiger partial charge in [-0.3, -0.25) is 0 Å². The van der Waals surface area contributed by atoms with Crippen LogP contribution in [0.1, 0.15) is 0 Å². The predicted octanol–water partition coefficient (Wildman–Crippen LogP) is 0.510. The molecule has 0 aromatic carbocycles. The molecule has 0 bridgehead atoms. The average Bonchev–Trinajstić information content (AvgIpc) is 1.61. The van der Waals surface area contributed by atoms with Gasteiger partial charge in [-0.05, 0) is 20.4 Å². The molecule has 9 heavy (non-hydrogen) atoms. The summed E-state index contributed by atoms with van der Waals surface area (Å²) in [7, 11) is 4.28. The molecule has 3 heteroatoms. The van der Waals surface area contributed by atoms with Crippen LogP contribution < -0.4 is 0 Å². The topological polar surface area (TPSA) is 6.48 Å². The lowest BCUT2D eigenvalue weighted by Crippen LogP contribution is -2.53. The maximum absolute atomic E-state index is 2.37. The highest BCUT2D eigenvalue weighted by Crippen LogP contribution is 2.18. The zero-order valence-corrected chi connectivity index (χ0v) is 7.11. The second-order valence-electron chi connectivity index (χ2n) is 2.65. The molecule has 1 rings (SSSR count). The lowest BCUT2D eigenvalue weighted by molar-refractivity contribution is 0.144. The highest BCUT2D eigenvalue weighted by molar-refractivity contribution is 7.96. The third kappa shape index (κ3) is 1.60. The van der Waals surface area contributed by atoms with Crippen LogP contribution in [0.5, 0.6) is 0 Å². The molecule has 0 aromatic heterocycles. The van der Waals surface area contributed by atoms with E-state index in [1.54, 1.807) is 0 Å². The van der Waals surface area contributed by atoms with Crippen LogP contribution in [0.3, 0.4) is 0 Å². The summed E-state index contributed by atoms with van der Waals surface area (Å²) >= 11 is 1.84. The fraction of sp³-hybridized carbons (Fsp3) is 1.00. The maximum Gasteiger partial charge on any atom is 0.0363 e. The fourth-order valence-electron chi connectivity index (χ4n) is 0.892. The van der Waals surface area contributed by atoms with Crippen molar-refractivity contribution in [2.75, 3.05) is 33.4 Å². The molecule has 0 N–H and O–H groups in total. The molecule has 1 saturated heterocycles. The van der Waals surface area contributed by atoms with Gasteiger partial charge in [-0.1, -0.05) is 11.9 Å². The quantitative estimate of drug-likeness (QED) is 0.524. The lowest BCUT2D eigenvalue weighted by atomic mass is 10.2. The third-order valence-electron chi connectivity index (χ3n) is 1.82. The molecule has 0 aromatic rings. The molecule has 1 aliphatic rings. The number of likely N-dealkylation sites (N-methyl/N-ethyl adjacent to an activating group) is 1. The van der Waals surface area contributed by atoms with E-state index in [1.165, 1.54) is 13.1 Å².